The number of anilines is 2. The Morgan fingerprint density at radius 2 is 1.60 bits per heavy atom. The number of piperidine rings is 1. The third-order valence-electron chi connectivity index (χ3n) is 9.56. The minimum atomic E-state index is -3.67. The normalized spacial score (nSPS) is 20.8. The number of urea groups is 1. The predicted molar refractivity (Wildman–Crippen MR) is 186 cm³/mol. The Bertz CT molecular complexity index is 1920. The van der Waals surface area contributed by atoms with Crippen molar-refractivity contribution in [2.24, 2.45) is 5.92 Å². The van der Waals surface area contributed by atoms with E-state index in [1.165, 1.54) is 0 Å². The molecule has 0 aliphatic carbocycles. The highest BCUT2D eigenvalue weighted by Crippen LogP contribution is 2.44. The first-order chi connectivity index (χ1) is 22.9. The molecule has 0 radical (unpaired) electrons. The van der Waals surface area contributed by atoms with Crippen LogP contribution in [0, 0.1) is 12.8 Å². The summed E-state index contributed by atoms with van der Waals surface area (Å²) in [4.78, 5) is 13.5. The van der Waals surface area contributed by atoms with E-state index < -0.39 is 10.0 Å². The number of benzene rings is 3. The lowest BCUT2D eigenvalue weighted by Crippen LogP contribution is -2.46. The number of carbonyl (C=O) groups excluding carboxylic acids is 1. The zero-order valence-corrected chi connectivity index (χ0v) is 28.7. The van der Waals surface area contributed by atoms with E-state index in [1.54, 1.807) is 27.2 Å². The van der Waals surface area contributed by atoms with Crippen LogP contribution in [-0.2, 0) is 21.9 Å². The lowest BCUT2D eigenvalue weighted by Gasteiger charge is -2.38. The van der Waals surface area contributed by atoms with Crippen molar-refractivity contribution < 1.29 is 22.7 Å². The van der Waals surface area contributed by atoms with Gasteiger partial charge in [0.05, 0.1) is 16.3 Å². The van der Waals surface area contributed by atoms with E-state index in [4.69, 9.17) is 14.6 Å². The van der Waals surface area contributed by atoms with Gasteiger partial charge in [-0.15, -0.1) is 0 Å². The van der Waals surface area contributed by atoms with Gasteiger partial charge < -0.3 is 14.8 Å². The molecule has 2 bridgehead atoms. The Morgan fingerprint density at radius 1 is 0.896 bits per heavy atom. The molecule has 2 amide bonds. The van der Waals surface area contributed by atoms with Crippen LogP contribution in [0.3, 0.4) is 0 Å². The summed E-state index contributed by atoms with van der Waals surface area (Å²) in [5, 5.41) is 10.8. The average molecular weight is 670 g/mol. The Morgan fingerprint density at radius 3 is 2.31 bits per heavy atom. The standard InChI is InChI=1S/C37H43N5O5S/c1-24-8-10-28(11-9-24)41-35(23-34(40-41)37(2,3)4)39-36(43)38-27-7-5-6-25(19-27)18-26-20-29-12-13-30(21-26)42(29)48(44,45)31-14-15-32-33(22-31)47-17-16-46-32/h5-11,14-15,19,22-23,26,29-30H,12-13,16-18,20-21H2,1-4H3,(H2,38,39,43). The molecule has 1 aromatic heterocycles. The largest absolute Gasteiger partial charge is 0.486 e. The molecule has 2 unspecified atom stereocenters. The fraction of sp³-hybridized carbons (Fsp3) is 0.405. The third kappa shape index (κ3) is 6.53. The molecule has 3 aromatic carbocycles. The summed E-state index contributed by atoms with van der Waals surface area (Å²) >= 11 is 0. The highest BCUT2D eigenvalue weighted by atomic mass is 32.2. The summed E-state index contributed by atoms with van der Waals surface area (Å²) in [6.45, 7) is 9.19. The topological polar surface area (TPSA) is 115 Å². The van der Waals surface area contributed by atoms with Crippen LogP contribution >= 0.6 is 0 Å². The maximum atomic E-state index is 13.8. The minimum Gasteiger partial charge on any atom is -0.486 e. The van der Waals surface area contributed by atoms with Crippen LogP contribution in [0.25, 0.3) is 5.69 Å². The number of aryl methyl sites for hydroxylation is 1. The molecule has 2 N–H and O–H groups in total. The molecule has 48 heavy (non-hydrogen) atoms. The first kappa shape index (κ1) is 32.2. The van der Waals surface area contributed by atoms with Crippen LogP contribution in [0.1, 0.15) is 63.3 Å². The number of rotatable bonds is 7. The Labute approximate surface area is 282 Å². The van der Waals surface area contributed by atoms with Crippen molar-refractivity contribution in [1.29, 1.82) is 0 Å². The van der Waals surface area contributed by atoms with Gasteiger partial charge in [-0.3, -0.25) is 5.32 Å². The quantitative estimate of drug-likeness (QED) is 0.218. The van der Waals surface area contributed by atoms with Crippen molar-refractivity contribution in [3.05, 3.63) is 89.6 Å². The van der Waals surface area contributed by atoms with Gasteiger partial charge in [0.2, 0.25) is 10.0 Å². The highest BCUT2D eigenvalue weighted by Gasteiger charge is 2.47. The molecule has 2 saturated heterocycles. The number of amides is 2. The van der Waals surface area contributed by atoms with E-state index in [2.05, 4.69) is 37.5 Å². The fourth-order valence-electron chi connectivity index (χ4n) is 7.22. The van der Waals surface area contributed by atoms with Crippen LogP contribution < -0.4 is 20.1 Å². The van der Waals surface area contributed by atoms with Crippen LogP contribution in [0.4, 0.5) is 16.3 Å². The SMILES string of the molecule is Cc1ccc(-n2nc(C(C)(C)C)cc2NC(=O)Nc2cccc(CC3CC4CCC(C3)N4S(=O)(=O)c3ccc4c(c3)OCCO4)c2)cc1. The fourth-order valence-corrected chi connectivity index (χ4v) is 9.13. The van der Waals surface area contributed by atoms with E-state index >= 15 is 0 Å². The Balaban J connectivity index is 1.01. The van der Waals surface area contributed by atoms with Crippen molar-refractivity contribution in [1.82, 2.24) is 14.1 Å². The zero-order chi connectivity index (χ0) is 33.6. The van der Waals surface area contributed by atoms with E-state index in [1.807, 2.05) is 55.5 Å². The summed E-state index contributed by atoms with van der Waals surface area (Å²) in [6, 6.07) is 22.4. The van der Waals surface area contributed by atoms with Crippen molar-refractivity contribution in [2.45, 2.75) is 82.2 Å². The number of hydrogen-bond acceptors (Lipinski definition) is 6. The van der Waals surface area contributed by atoms with Crippen LogP contribution in [0.15, 0.2) is 77.7 Å². The first-order valence-corrected chi connectivity index (χ1v) is 18.2. The van der Waals surface area contributed by atoms with E-state index in [0.717, 1.165) is 54.6 Å². The van der Waals surface area contributed by atoms with E-state index in [0.29, 0.717) is 42.1 Å². The zero-order valence-electron chi connectivity index (χ0n) is 27.9. The molecule has 7 rings (SSSR count). The summed E-state index contributed by atoms with van der Waals surface area (Å²) in [6.07, 6.45) is 4.15. The highest BCUT2D eigenvalue weighted by molar-refractivity contribution is 7.89. The van der Waals surface area contributed by atoms with Crippen LogP contribution in [0.5, 0.6) is 11.5 Å². The molecule has 2 atom stereocenters. The minimum absolute atomic E-state index is 0.0320. The monoisotopic (exact) mass is 669 g/mol. The van der Waals surface area contributed by atoms with Gasteiger partial charge in [-0.1, -0.05) is 50.6 Å². The van der Waals surface area contributed by atoms with Crippen LogP contribution in [0.2, 0.25) is 0 Å². The molecule has 10 nitrogen and oxygen atoms in total. The number of ether oxygens (including phenoxy) is 2. The van der Waals surface area contributed by atoms with Gasteiger partial charge in [0, 0.05) is 35.3 Å². The second-order valence-electron chi connectivity index (χ2n) is 14.3. The number of nitrogens with one attached hydrogen (secondary N) is 2. The maximum absolute atomic E-state index is 13.8. The number of carbonyl (C=O) groups is 1. The molecule has 252 valence electrons. The molecular weight excluding hydrogens is 627 g/mol. The van der Waals surface area contributed by atoms with E-state index in [-0.39, 0.29) is 28.4 Å². The number of hydrogen-bond donors (Lipinski definition) is 2. The smallest absolute Gasteiger partial charge is 0.324 e. The first-order valence-electron chi connectivity index (χ1n) is 16.7. The predicted octanol–water partition coefficient (Wildman–Crippen LogP) is 7.07. The molecule has 3 aliphatic rings. The molecule has 4 heterocycles. The summed E-state index contributed by atoms with van der Waals surface area (Å²) in [7, 11) is -3.67. The number of sulfonamides is 1. The van der Waals surface area contributed by atoms with Gasteiger partial charge in [-0.25, -0.2) is 17.9 Å². The maximum Gasteiger partial charge on any atom is 0.324 e. The molecule has 3 aliphatic heterocycles. The van der Waals surface area contributed by atoms with Gasteiger partial charge >= 0.3 is 6.03 Å². The third-order valence-corrected chi connectivity index (χ3v) is 11.6. The Hall–Kier alpha value is -4.35. The van der Waals surface area contributed by atoms with Gasteiger partial charge in [0.25, 0.3) is 0 Å². The second-order valence-corrected chi connectivity index (χ2v) is 16.1. The molecule has 4 aromatic rings. The van der Waals surface area contributed by atoms with Crippen molar-refractivity contribution in [3.63, 3.8) is 0 Å². The Kier molecular flexibility index (Phi) is 8.45. The molecule has 0 saturated carbocycles. The van der Waals surface area contributed by atoms with Gasteiger partial charge in [0.15, 0.2) is 11.5 Å². The molecule has 2 fully saturated rings. The lowest BCUT2D eigenvalue weighted by atomic mass is 9.87. The summed E-state index contributed by atoms with van der Waals surface area (Å²) in [5.74, 6) is 2.00. The number of aromatic nitrogens is 2. The average Bonchev–Trinajstić information content (AvgIpc) is 3.60. The van der Waals surface area contributed by atoms with Gasteiger partial charge in [-0.05, 0) is 86.9 Å². The number of nitrogens with zero attached hydrogens (tertiary/aromatic N) is 3. The summed E-state index contributed by atoms with van der Waals surface area (Å²) in [5.41, 5.74) is 4.51. The van der Waals surface area contributed by atoms with Crippen molar-refractivity contribution in [3.8, 4) is 17.2 Å². The van der Waals surface area contributed by atoms with Crippen LogP contribution in [-0.4, -0.2) is 53.8 Å². The summed E-state index contributed by atoms with van der Waals surface area (Å²) < 4.78 is 42.4. The van der Waals surface area contributed by atoms with E-state index in [9.17, 15) is 13.2 Å². The second kappa shape index (κ2) is 12.6. The van der Waals surface area contributed by atoms with Crippen molar-refractivity contribution in [2.75, 3.05) is 23.8 Å². The van der Waals surface area contributed by atoms with Gasteiger partial charge in [0.1, 0.15) is 19.0 Å². The molecule has 11 heteroatoms. The van der Waals surface area contributed by atoms with Crippen molar-refractivity contribution >= 4 is 27.6 Å². The molecular formula is C37H43N5O5S. The van der Waals surface area contributed by atoms with Gasteiger partial charge in [-0.2, -0.15) is 9.40 Å². The lowest BCUT2D eigenvalue weighted by molar-refractivity contribution is 0.170. The molecule has 0 spiro atoms. The number of fused-ring (bicyclic) bond motifs is 3.